The lowest BCUT2D eigenvalue weighted by Crippen LogP contribution is -2.02. The van der Waals surface area contributed by atoms with Crippen molar-refractivity contribution in [3.05, 3.63) is 41.0 Å². The van der Waals surface area contributed by atoms with Crippen LogP contribution in [0.25, 0.3) is 6.08 Å². The van der Waals surface area contributed by atoms with E-state index in [0.29, 0.717) is 0 Å². The second kappa shape index (κ2) is 7.32. The van der Waals surface area contributed by atoms with Crippen LogP contribution in [0, 0.1) is 12.8 Å². The first-order chi connectivity index (χ1) is 8.19. The molecule has 1 unspecified atom stereocenters. The molecule has 94 valence electrons. The van der Waals surface area contributed by atoms with Gasteiger partial charge in [-0.25, -0.2) is 0 Å². The molecule has 0 saturated carbocycles. The Hall–Kier alpha value is -1.04. The maximum atomic E-state index is 2.37. The zero-order valence-corrected chi connectivity index (χ0v) is 11.8. The molecule has 1 rings (SSSR count). The molecule has 17 heavy (non-hydrogen) atoms. The standard InChI is InChI=1S/C17H26/c1-5-7-10-14(3)13-16-12-8-11-15(4)17(16)9-6-2/h6,8-9,11-12,14H,5,7,10,13H2,1-4H3/b9-6-. The van der Waals surface area contributed by atoms with Crippen molar-refractivity contribution in [2.45, 2.75) is 53.4 Å². The minimum Gasteiger partial charge on any atom is -0.0870 e. The highest BCUT2D eigenvalue weighted by atomic mass is 14.1. The lowest BCUT2D eigenvalue weighted by Gasteiger charge is -2.14. The maximum Gasteiger partial charge on any atom is -0.0198 e. The summed E-state index contributed by atoms with van der Waals surface area (Å²) in [7, 11) is 0. The fourth-order valence-electron chi connectivity index (χ4n) is 2.35. The van der Waals surface area contributed by atoms with Gasteiger partial charge in [0.1, 0.15) is 0 Å². The summed E-state index contributed by atoms with van der Waals surface area (Å²) in [5, 5.41) is 0. The van der Waals surface area contributed by atoms with Crippen LogP contribution in [0.1, 0.15) is 56.7 Å². The molecule has 0 heteroatoms. The van der Waals surface area contributed by atoms with Crippen molar-refractivity contribution < 1.29 is 0 Å². The van der Waals surface area contributed by atoms with Crippen molar-refractivity contribution in [3.63, 3.8) is 0 Å². The number of benzene rings is 1. The highest BCUT2D eigenvalue weighted by Crippen LogP contribution is 2.21. The van der Waals surface area contributed by atoms with Gasteiger partial charge >= 0.3 is 0 Å². The van der Waals surface area contributed by atoms with E-state index in [1.165, 1.54) is 42.4 Å². The average molecular weight is 230 g/mol. The molecule has 0 aliphatic carbocycles. The molecule has 0 aromatic heterocycles. The van der Waals surface area contributed by atoms with Crippen molar-refractivity contribution in [1.29, 1.82) is 0 Å². The molecule has 1 atom stereocenters. The Kier molecular flexibility index (Phi) is 6.04. The predicted molar refractivity (Wildman–Crippen MR) is 78.3 cm³/mol. The van der Waals surface area contributed by atoms with Crippen LogP contribution < -0.4 is 0 Å². The predicted octanol–water partition coefficient (Wildman–Crippen LogP) is 5.40. The number of unbranched alkanes of at least 4 members (excludes halogenated alkanes) is 1. The van der Waals surface area contributed by atoms with Gasteiger partial charge in [-0.15, -0.1) is 0 Å². The van der Waals surface area contributed by atoms with E-state index in [1.807, 2.05) is 0 Å². The molecule has 0 aliphatic rings. The molecule has 1 aromatic carbocycles. The molecule has 0 aliphatic heterocycles. The molecule has 0 heterocycles. The summed E-state index contributed by atoms with van der Waals surface area (Å²) in [6, 6.07) is 6.67. The van der Waals surface area contributed by atoms with Crippen LogP contribution in [-0.4, -0.2) is 0 Å². The molecule has 0 radical (unpaired) electrons. The Morgan fingerprint density at radius 2 is 2.06 bits per heavy atom. The van der Waals surface area contributed by atoms with Gasteiger partial charge in [0.05, 0.1) is 0 Å². The maximum absolute atomic E-state index is 2.37. The van der Waals surface area contributed by atoms with Gasteiger partial charge in [0, 0.05) is 0 Å². The van der Waals surface area contributed by atoms with Crippen molar-refractivity contribution in [1.82, 2.24) is 0 Å². The normalized spacial score (nSPS) is 13.2. The van der Waals surface area contributed by atoms with E-state index in [0.717, 1.165) is 5.92 Å². The molecule has 0 N–H and O–H groups in total. The molecule has 0 fully saturated rings. The van der Waals surface area contributed by atoms with Crippen LogP contribution >= 0.6 is 0 Å². The van der Waals surface area contributed by atoms with E-state index < -0.39 is 0 Å². The summed E-state index contributed by atoms with van der Waals surface area (Å²) in [6.45, 7) is 8.94. The Bertz CT molecular complexity index is 360. The quantitative estimate of drug-likeness (QED) is 0.614. The summed E-state index contributed by atoms with van der Waals surface area (Å²) in [6.07, 6.45) is 9.60. The Morgan fingerprint density at radius 1 is 1.29 bits per heavy atom. The van der Waals surface area contributed by atoms with Crippen molar-refractivity contribution in [3.8, 4) is 0 Å². The number of allylic oxidation sites excluding steroid dienone is 1. The third-order valence-electron chi connectivity index (χ3n) is 3.37. The Balaban J connectivity index is 2.79. The first-order valence-corrected chi connectivity index (χ1v) is 6.90. The topological polar surface area (TPSA) is 0 Å². The molecular weight excluding hydrogens is 204 g/mol. The summed E-state index contributed by atoms with van der Waals surface area (Å²) < 4.78 is 0. The SMILES string of the molecule is C/C=C\c1c(C)cccc1CC(C)CCCC. The van der Waals surface area contributed by atoms with Gasteiger partial charge < -0.3 is 0 Å². The molecule has 0 spiro atoms. The lowest BCUT2D eigenvalue weighted by molar-refractivity contribution is 0.503. The second-order valence-electron chi connectivity index (χ2n) is 5.10. The highest BCUT2D eigenvalue weighted by Gasteiger charge is 2.07. The molecule has 0 nitrogen and oxygen atoms in total. The monoisotopic (exact) mass is 230 g/mol. The minimum atomic E-state index is 0.792. The fraction of sp³-hybridized carbons (Fsp3) is 0.529. The average Bonchev–Trinajstić information content (AvgIpc) is 2.31. The Labute approximate surface area is 107 Å². The summed E-state index contributed by atoms with van der Waals surface area (Å²) in [5.74, 6) is 0.792. The largest absolute Gasteiger partial charge is 0.0870 e. The number of aryl methyl sites for hydroxylation is 1. The number of hydrogen-bond acceptors (Lipinski definition) is 0. The third-order valence-corrected chi connectivity index (χ3v) is 3.37. The van der Waals surface area contributed by atoms with E-state index in [1.54, 1.807) is 0 Å². The zero-order chi connectivity index (χ0) is 12.7. The molecule has 1 aromatic rings. The van der Waals surface area contributed by atoms with Gasteiger partial charge in [0.15, 0.2) is 0 Å². The van der Waals surface area contributed by atoms with Crippen molar-refractivity contribution >= 4 is 6.08 Å². The van der Waals surface area contributed by atoms with E-state index in [9.17, 15) is 0 Å². The van der Waals surface area contributed by atoms with Crippen molar-refractivity contribution in [2.75, 3.05) is 0 Å². The van der Waals surface area contributed by atoms with E-state index in [2.05, 4.69) is 58.0 Å². The lowest BCUT2D eigenvalue weighted by atomic mass is 9.91. The van der Waals surface area contributed by atoms with Gasteiger partial charge in [-0.3, -0.25) is 0 Å². The third kappa shape index (κ3) is 4.38. The fourth-order valence-corrected chi connectivity index (χ4v) is 2.35. The van der Waals surface area contributed by atoms with Gasteiger partial charge in [-0.2, -0.15) is 0 Å². The van der Waals surface area contributed by atoms with Crippen LogP contribution in [0.15, 0.2) is 24.3 Å². The summed E-state index contributed by atoms with van der Waals surface area (Å²) >= 11 is 0. The van der Waals surface area contributed by atoms with Gasteiger partial charge in [0.25, 0.3) is 0 Å². The Morgan fingerprint density at radius 3 is 2.71 bits per heavy atom. The smallest absolute Gasteiger partial charge is 0.0198 e. The molecular formula is C17H26. The van der Waals surface area contributed by atoms with Gasteiger partial charge in [0.2, 0.25) is 0 Å². The zero-order valence-electron chi connectivity index (χ0n) is 11.8. The first kappa shape index (κ1) is 14.0. The summed E-state index contributed by atoms with van der Waals surface area (Å²) in [5.41, 5.74) is 4.33. The van der Waals surface area contributed by atoms with Crippen LogP contribution in [0.5, 0.6) is 0 Å². The van der Waals surface area contributed by atoms with Crippen LogP contribution in [0.4, 0.5) is 0 Å². The van der Waals surface area contributed by atoms with E-state index in [-0.39, 0.29) is 0 Å². The van der Waals surface area contributed by atoms with Crippen LogP contribution in [0.3, 0.4) is 0 Å². The highest BCUT2D eigenvalue weighted by molar-refractivity contribution is 5.57. The molecule has 0 amide bonds. The van der Waals surface area contributed by atoms with Gasteiger partial charge in [-0.1, -0.05) is 63.5 Å². The molecule has 0 bridgehead atoms. The van der Waals surface area contributed by atoms with E-state index in [4.69, 9.17) is 0 Å². The van der Waals surface area contributed by atoms with Gasteiger partial charge in [-0.05, 0) is 42.9 Å². The minimum absolute atomic E-state index is 0.792. The molecule has 0 saturated heterocycles. The summed E-state index contributed by atoms with van der Waals surface area (Å²) in [4.78, 5) is 0. The van der Waals surface area contributed by atoms with Crippen LogP contribution in [0.2, 0.25) is 0 Å². The first-order valence-electron chi connectivity index (χ1n) is 6.90. The number of rotatable bonds is 6. The second-order valence-corrected chi connectivity index (χ2v) is 5.10. The van der Waals surface area contributed by atoms with Crippen LogP contribution in [-0.2, 0) is 6.42 Å². The number of hydrogen-bond donors (Lipinski definition) is 0. The van der Waals surface area contributed by atoms with Crippen molar-refractivity contribution in [2.24, 2.45) is 5.92 Å². The van der Waals surface area contributed by atoms with E-state index >= 15 is 0 Å².